The van der Waals surface area contributed by atoms with Crippen molar-refractivity contribution in [2.75, 3.05) is 12.0 Å². The minimum atomic E-state index is -0.207. The van der Waals surface area contributed by atoms with Crippen LogP contribution in [-0.2, 0) is 6.54 Å². The lowest BCUT2D eigenvalue weighted by Gasteiger charge is -2.40. The highest BCUT2D eigenvalue weighted by molar-refractivity contribution is 14.1. The number of nitrogen functional groups attached to an aromatic ring is 1. The first-order valence-electron chi connectivity index (χ1n) is 6.21. The number of hydrogen-bond donors (Lipinski definition) is 1. The van der Waals surface area contributed by atoms with Gasteiger partial charge < -0.3 is 10.3 Å². The Balaban J connectivity index is 2.07. The van der Waals surface area contributed by atoms with Crippen molar-refractivity contribution in [2.45, 2.75) is 30.6 Å². The smallest absolute Gasteiger partial charge is 0.201 e. The summed E-state index contributed by atoms with van der Waals surface area (Å²) in [5.41, 5.74) is 7.59. The fraction of sp³-hybridized carbons (Fsp3) is 0.462. The molecule has 0 bridgehead atoms. The SMILES string of the molecule is CSC1(Cn2c(N)nc3cc(I)c(F)cc32)CCC1. The van der Waals surface area contributed by atoms with Crippen molar-refractivity contribution in [3.05, 3.63) is 21.5 Å². The lowest BCUT2D eigenvalue weighted by Crippen LogP contribution is -2.38. The number of fused-ring (bicyclic) bond motifs is 1. The van der Waals surface area contributed by atoms with Gasteiger partial charge in [-0.3, -0.25) is 0 Å². The van der Waals surface area contributed by atoms with Crippen molar-refractivity contribution in [3.8, 4) is 0 Å². The Bertz CT molecular complexity index is 631. The number of hydrogen-bond acceptors (Lipinski definition) is 3. The zero-order valence-corrected chi connectivity index (χ0v) is 13.6. The Hall–Kier alpha value is -0.500. The van der Waals surface area contributed by atoms with Crippen molar-refractivity contribution in [1.82, 2.24) is 9.55 Å². The molecule has 2 N–H and O–H groups in total. The van der Waals surface area contributed by atoms with Crippen LogP contribution in [0.4, 0.5) is 10.3 Å². The second-order valence-corrected chi connectivity index (χ2v) is 7.49. The first-order chi connectivity index (χ1) is 9.04. The van der Waals surface area contributed by atoms with Crippen LogP contribution in [0.1, 0.15) is 19.3 Å². The average Bonchev–Trinajstić information content (AvgIpc) is 2.61. The molecule has 1 fully saturated rings. The molecule has 1 aromatic carbocycles. The van der Waals surface area contributed by atoms with Crippen molar-refractivity contribution in [1.29, 1.82) is 0 Å². The van der Waals surface area contributed by atoms with Gasteiger partial charge in [-0.1, -0.05) is 6.42 Å². The Labute approximate surface area is 129 Å². The van der Waals surface area contributed by atoms with Crippen molar-refractivity contribution in [3.63, 3.8) is 0 Å². The maximum absolute atomic E-state index is 13.8. The summed E-state index contributed by atoms with van der Waals surface area (Å²) in [6.45, 7) is 0.816. The number of imidazole rings is 1. The van der Waals surface area contributed by atoms with Gasteiger partial charge >= 0.3 is 0 Å². The number of nitrogens with two attached hydrogens (primary N) is 1. The highest BCUT2D eigenvalue weighted by atomic mass is 127. The lowest BCUT2D eigenvalue weighted by molar-refractivity contribution is 0.326. The average molecular weight is 391 g/mol. The van der Waals surface area contributed by atoms with Crippen LogP contribution < -0.4 is 5.73 Å². The Morgan fingerprint density at radius 2 is 2.26 bits per heavy atom. The van der Waals surface area contributed by atoms with Crippen LogP contribution in [0.2, 0.25) is 0 Å². The standard InChI is InChI=1S/C13H15FIN3S/c1-19-13(3-2-4-13)7-18-11-5-8(14)9(15)6-10(11)17-12(18)16/h5-6H,2-4,7H2,1H3,(H2,16,17). The van der Waals surface area contributed by atoms with Crippen LogP contribution in [0.5, 0.6) is 0 Å². The highest BCUT2D eigenvalue weighted by Gasteiger charge is 2.37. The summed E-state index contributed by atoms with van der Waals surface area (Å²) in [5.74, 6) is 0.276. The largest absolute Gasteiger partial charge is 0.369 e. The number of thioether (sulfide) groups is 1. The molecule has 1 aliphatic carbocycles. The molecule has 1 saturated carbocycles. The van der Waals surface area contributed by atoms with E-state index in [2.05, 4.69) is 11.2 Å². The van der Waals surface area contributed by atoms with E-state index >= 15 is 0 Å². The molecular weight excluding hydrogens is 376 g/mol. The summed E-state index contributed by atoms with van der Waals surface area (Å²) in [6.07, 6.45) is 5.79. The van der Waals surface area contributed by atoms with Crippen molar-refractivity contribution < 1.29 is 4.39 Å². The highest BCUT2D eigenvalue weighted by Crippen LogP contribution is 2.45. The fourth-order valence-electron chi connectivity index (χ4n) is 2.59. The first kappa shape index (κ1) is 13.5. The van der Waals surface area contributed by atoms with E-state index in [-0.39, 0.29) is 10.6 Å². The summed E-state index contributed by atoms with van der Waals surface area (Å²) in [4.78, 5) is 4.35. The van der Waals surface area contributed by atoms with Crippen LogP contribution in [-0.4, -0.2) is 20.6 Å². The normalized spacial score (nSPS) is 17.6. The molecule has 0 unspecified atom stereocenters. The number of benzene rings is 1. The molecule has 0 aliphatic heterocycles. The van der Waals surface area contributed by atoms with Crippen LogP contribution in [0.3, 0.4) is 0 Å². The van der Waals surface area contributed by atoms with Crippen molar-refractivity contribution >= 4 is 51.3 Å². The molecule has 3 rings (SSSR count). The molecule has 0 amide bonds. The van der Waals surface area contributed by atoms with Gasteiger partial charge in [-0.2, -0.15) is 11.8 Å². The van der Waals surface area contributed by atoms with Gasteiger partial charge in [0.2, 0.25) is 5.95 Å². The molecule has 0 atom stereocenters. The molecule has 0 spiro atoms. The fourth-order valence-corrected chi connectivity index (χ4v) is 4.00. The lowest BCUT2D eigenvalue weighted by atomic mass is 9.84. The minimum absolute atomic E-state index is 0.207. The topological polar surface area (TPSA) is 43.8 Å². The number of anilines is 1. The van der Waals surface area contributed by atoms with Gasteiger partial charge in [-0.25, -0.2) is 9.37 Å². The summed E-state index contributed by atoms with van der Waals surface area (Å²) in [7, 11) is 0. The monoisotopic (exact) mass is 391 g/mol. The van der Waals surface area contributed by atoms with Gasteiger partial charge in [0.25, 0.3) is 0 Å². The predicted molar refractivity (Wildman–Crippen MR) is 86.9 cm³/mol. The Morgan fingerprint density at radius 3 is 2.84 bits per heavy atom. The third kappa shape index (κ3) is 2.22. The summed E-state index contributed by atoms with van der Waals surface area (Å²) >= 11 is 3.86. The maximum atomic E-state index is 13.8. The predicted octanol–water partition coefficient (Wildman–Crippen LogP) is 3.65. The second kappa shape index (κ2) is 4.80. The molecule has 2 aromatic rings. The van der Waals surface area contributed by atoms with Gasteiger partial charge in [0.05, 0.1) is 14.6 Å². The molecule has 1 aliphatic rings. The molecule has 0 radical (unpaired) electrons. The van der Waals surface area contributed by atoms with Crippen LogP contribution in [0.15, 0.2) is 12.1 Å². The molecule has 6 heteroatoms. The Morgan fingerprint density at radius 1 is 1.53 bits per heavy atom. The van der Waals surface area contributed by atoms with E-state index < -0.39 is 0 Å². The summed E-state index contributed by atoms with van der Waals surface area (Å²) < 4.78 is 16.5. The quantitative estimate of drug-likeness (QED) is 0.813. The van der Waals surface area contributed by atoms with Gasteiger partial charge in [0.1, 0.15) is 5.82 Å². The molecule has 0 saturated heterocycles. The number of aromatic nitrogens is 2. The van der Waals surface area contributed by atoms with Crippen LogP contribution >= 0.6 is 34.4 Å². The van der Waals surface area contributed by atoms with Crippen molar-refractivity contribution in [2.24, 2.45) is 0 Å². The zero-order chi connectivity index (χ0) is 13.6. The van der Waals surface area contributed by atoms with E-state index in [9.17, 15) is 4.39 Å². The van der Waals surface area contributed by atoms with E-state index in [1.807, 2.05) is 38.9 Å². The minimum Gasteiger partial charge on any atom is -0.369 e. The van der Waals surface area contributed by atoms with Gasteiger partial charge in [-0.05, 0) is 47.8 Å². The molecule has 1 aromatic heterocycles. The van der Waals surface area contributed by atoms with Crippen LogP contribution in [0.25, 0.3) is 11.0 Å². The Kier molecular flexibility index (Phi) is 3.41. The van der Waals surface area contributed by atoms with E-state index in [4.69, 9.17) is 5.73 Å². The third-order valence-electron chi connectivity index (χ3n) is 3.96. The van der Waals surface area contributed by atoms with E-state index in [0.29, 0.717) is 9.52 Å². The third-order valence-corrected chi connectivity index (χ3v) is 6.19. The van der Waals surface area contributed by atoms with E-state index in [1.165, 1.54) is 19.3 Å². The zero-order valence-electron chi connectivity index (χ0n) is 10.6. The van der Waals surface area contributed by atoms with Crippen LogP contribution in [0, 0.1) is 9.39 Å². The maximum Gasteiger partial charge on any atom is 0.201 e. The number of nitrogens with zero attached hydrogens (tertiary/aromatic N) is 2. The second-order valence-electron chi connectivity index (χ2n) is 5.05. The molecular formula is C13H15FIN3S. The molecule has 3 nitrogen and oxygen atoms in total. The number of halogens is 2. The molecule has 102 valence electrons. The summed E-state index contributed by atoms with van der Waals surface area (Å²) in [5, 5.41) is 0. The van der Waals surface area contributed by atoms with Gasteiger partial charge in [0, 0.05) is 17.4 Å². The number of rotatable bonds is 3. The van der Waals surface area contributed by atoms with Gasteiger partial charge in [-0.15, -0.1) is 0 Å². The molecule has 1 heterocycles. The van der Waals surface area contributed by atoms with E-state index in [0.717, 1.165) is 17.6 Å². The van der Waals surface area contributed by atoms with Gasteiger partial charge in [0.15, 0.2) is 0 Å². The first-order valence-corrected chi connectivity index (χ1v) is 8.51. The van der Waals surface area contributed by atoms with E-state index in [1.54, 1.807) is 12.1 Å². The summed E-state index contributed by atoms with van der Waals surface area (Å²) in [6, 6.07) is 3.30. The molecule has 19 heavy (non-hydrogen) atoms.